The molecular weight excluding hydrogens is 258 g/mol. The summed E-state index contributed by atoms with van der Waals surface area (Å²) in [5.41, 5.74) is 0.595. The van der Waals surface area contributed by atoms with Crippen LogP contribution in [0.2, 0.25) is 0 Å². The van der Waals surface area contributed by atoms with Gasteiger partial charge in [0.15, 0.2) is 0 Å². The average molecular weight is 273 g/mol. The number of nitrogens with one attached hydrogen (secondary N) is 2. The molecule has 0 atom stereocenters. The van der Waals surface area contributed by atoms with E-state index < -0.39 is 12.0 Å². The van der Waals surface area contributed by atoms with Crippen molar-refractivity contribution in [3.05, 3.63) is 20.7 Å². The van der Waals surface area contributed by atoms with Crippen LogP contribution < -0.4 is 10.2 Å². The van der Waals surface area contributed by atoms with Gasteiger partial charge in [0.25, 0.3) is 0 Å². The number of carbonyl (C=O) groups excluding carboxylic acids is 1. The highest BCUT2D eigenvalue weighted by atomic mass is 32.1. The summed E-state index contributed by atoms with van der Waals surface area (Å²) in [5.74, 6) is -1.07. The lowest BCUT2D eigenvalue weighted by molar-refractivity contribution is -0.138. The molecule has 0 radical (unpaired) electrons. The van der Waals surface area contributed by atoms with E-state index in [-0.39, 0.29) is 24.0 Å². The number of amides is 2. The Morgan fingerprint density at radius 3 is 2.67 bits per heavy atom. The lowest BCUT2D eigenvalue weighted by Crippen LogP contribution is -2.46. The third kappa shape index (κ3) is 4.21. The van der Waals surface area contributed by atoms with E-state index in [0.29, 0.717) is 5.69 Å². The van der Waals surface area contributed by atoms with E-state index in [2.05, 4.69) is 10.3 Å². The number of nitrogens with zero attached hydrogens (tertiary/aromatic N) is 1. The molecular formula is C10H15N3O4S. The number of aliphatic carboxylic acids is 1. The van der Waals surface area contributed by atoms with Crippen LogP contribution in [-0.2, 0) is 11.3 Å². The molecule has 18 heavy (non-hydrogen) atoms. The Labute approximate surface area is 107 Å². The van der Waals surface area contributed by atoms with Crippen molar-refractivity contribution >= 4 is 23.3 Å². The second-order valence-electron chi connectivity index (χ2n) is 3.95. The Kier molecular flexibility index (Phi) is 4.90. The molecule has 0 spiro atoms. The molecule has 0 aliphatic carbocycles. The van der Waals surface area contributed by atoms with Gasteiger partial charge in [-0.25, -0.2) is 4.79 Å². The minimum Gasteiger partial charge on any atom is -0.480 e. The SMILES string of the molecule is CC(C)N(CC(=O)O)C(=O)NCc1csc(=O)[nH]1. The van der Waals surface area contributed by atoms with E-state index in [9.17, 15) is 14.4 Å². The molecule has 1 aromatic heterocycles. The first-order chi connectivity index (χ1) is 8.40. The van der Waals surface area contributed by atoms with Crippen LogP contribution in [0, 0.1) is 0 Å². The van der Waals surface area contributed by atoms with Gasteiger partial charge in [-0.05, 0) is 13.8 Å². The third-order valence-electron chi connectivity index (χ3n) is 2.19. The smallest absolute Gasteiger partial charge is 0.323 e. The number of thiazole rings is 1. The maximum absolute atomic E-state index is 11.8. The highest BCUT2D eigenvalue weighted by Gasteiger charge is 2.19. The van der Waals surface area contributed by atoms with Gasteiger partial charge < -0.3 is 20.3 Å². The Hall–Kier alpha value is -1.83. The normalized spacial score (nSPS) is 10.4. The van der Waals surface area contributed by atoms with Crippen LogP contribution in [-0.4, -0.2) is 39.6 Å². The quantitative estimate of drug-likeness (QED) is 0.724. The van der Waals surface area contributed by atoms with Crippen LogP contribution >= 0.6 is 11.3 Å². The molecule has 7 nitrogen and oxygen atoms in total. The molecule has 1 heterocycles. The Balaban J connectivity index is 2.56. The maximum atomic E-state index is 11.8. The van der Waals surface area contributed by atoms with E-state index in [1.807, 2.05) is 0 Å². The Morgan fingerprint density at radius 2 is 2.22 bits per heavy atom. The minimum absolute atomic E-state index is 0.167. The van der Waals surface area contributed by atoms with Gasteiger partial charge in [0, 0.05) is 17.1 Å². The van der Waals surface area contributed by atoms with Crippen LogP contribution in [0.1, 0.15) is 19.5 Å². The molecule has 0 saturated heterocycles. The molecule has 100 valence electrons. The zero-order chi connectivity index (χ0) is 13.7. The van der Waals surface area contributed by atoms with Crippen molar-refractivity contribution in [1.29, 1.82) is 0 Å². The van der Waals surface area contributed by atoms with E-state index in [1.165, 1.54) is 4.90 Å². The van der Waals surface area contributed by atoms with Crippen LogP contribution in [0.5, 0.6) is 0 Å². The molecule has 2 amide bonds. The van der Waals surface area contributed by atoms with Gasteiger partial charge in [-0.1, -0.05) is 11.3 Å². The topological polar surface area (TPSA) is 102 Å². The van der Waals surface area contributed by atoms with Crippen molar-refractivity contribution in [3.8, 4) is 0 Å². The fraction of sp³-hybridized carbons (Fsp3) is 0.500. The summed E-state index contributed by atoms with van der Waals surface area (Å²) in [5, 5.41) is 12.9. The van der Waals surface area contributed by atoms with Crippen LogP contribution in [0.3, 0.4) is 0 Å². The number of hydrogen-bond donors (Lipinski definition) is 3. The summed E-state index contributed by atoms with van der Waals surface area (Å²) in [6.45, 7) is 3.27. The predicted octanol–water partition coefficient (Wildman–Crippen LogP) is 0.441. The lowest BCUT2D eigenvalue weighted by Gasteiger charge is -2.24. The first kappa shape index (κ1) is 14.2. The number of aromatic nitrogens is 1. The van der Waals surface area contributed by atoms with Gasteiger partial charge in [0.1, 0.15) is 6.54 Å². The van der Waals surface area contributed by atoms with E-state index in [4.69, 9.17) is 5.11 Å². The molecule has 1 aromatic rings. The predicted molar refractivity (Wildman–Crippen MR) is 66.7 cm³/mol. The first-order valence-corrected chi connectivity index (χ1v) is 6.21. The molecule has 1 rings (SSSR count). The lowest BCUT2D eigenvalue weighted by atomic mass is 10.3. The van der Waals surface area contributed by atoms with Gasteiger partial charge in [0.2, 0.25) is 0 Å². The zero-order valence-corrected chi connectivity index (χ0v) is 10.9. The average Bonchev–Trinajstić information content (AvgIpc) is 2.68. The fourth-order valence-corrected chi connectivity index (χ4v) is 1.89. The van der Waals surface area contributed by atoms with Crippen molar-refractivity contribution in [3.63, 3.8) is 0 Å². The summed E-state index contributed by atoms with van der Waals surface area (Å²) >= 11 is 1.01. The summed E-state index contributed by atoms with van der Waals surface area (Å²) in [6, 6.07) is -0.693. The highest BCUT2D eigenvalue weighted by Crippen LogP contribution is 2.00. The summed E-state index contributed by atoms with van der Waals surface area (Å²) < 4.78 is 0. The number of carboxylic acid groups (broad SMARTS) is 1. The van der Waals surface area contributed by atoms with Crippen molar-refractivity contribution in [2.24, 2.45) is 0 Å². The van der Waals surface area contributed by atoms with Gasteiger partial charge in [-0.2, -0.15) is 0 Å². The van der Waals surface area contributed by atoms with E-state index >= 15 is 0 Å². The molecule has 0 unspecified atom stereocenters. The van der Waals surface area contributed by atoms with E-state index in [1.54, 1.807) is 19.2 Å². The second kappa shape index (κ2) is 6.20. The van der Waals surface area contributed by atoms with Gasteiger partial charge in [0.05, 0.1) is 6.54 Å². The molecule has 0 aliphatic rings. The first-order valence-electron chi connectivity index (χ1n) is 5.33. The number of rotatable bonds is 5. The summed E-state index contributed by atoms with van der Waals surface area (Å²) in [4.78, 5) is 36.8. The minimum atomic E-state index is -1.07. The molecule has 0 bridgehead atoms. The third-order valence-corrected chi connectivity index (χ3v) is 2.91. The molecule has 0 fully saturated rings. The number of H-pyrrole nitrogens is 1. The number of urea groups is 1. The van der Waals surface area contributed by atoms with Crippen molar-refractivity contribution in [1.82, 2.24) is 15.2 Å². The van der Waals surface area contributed by atoms with Crippen molar-refractivity contribution < 1.29 is 14.7 Å². The van der Waals surface area contributed by atoms with Gasteiger partial charge in [-0.15, -0.1) is 0 Å². The molecule has 0 saturated carbocycles. The molecule has 3 N–H and O–H groups in total. The van der Waals surface area contributed by atoms with Crippen LogP contribution in [0.15, 0.2) is 10.2 Å². The monoisotopic (exact) mass is 273 g/mol. The zero-order valence-electron chi connectivity index (χ0n) is 10.1. The second-order valence-corrected chi connectivity index (χ2v) is 4.79. The standard InChI is InChI=1S/C10H15N3O4S/c1-6(2)13(4-8(14)15)9(16)11-3-7-5-18-10(17)12-7/h5-6H,3-4H2,1-2H3,(H,11,16)(H,12,17)(H,14,15). The maximum Gasteiger partial charge on any atom is 0.323 e. The Bertz CT molecular complexity index is 479. The molecule has 0 aliphatic heterocycles. The highest BCUT2D eigenvalue weighted by molar-refractivity contribution is 7.07. The van der Waals surface area contributed by atoms with E-state index in [0.717, 1.165) is 11.3 Å². The fourth-order valence-electron chi connectivity index (χ4n) is 1.31. The number of carboxylic acids is 1. The summed E-state index contributed by atoms with van der Waals surface area (Å²) in [6.07, 6.45) is 0. The summed E-state index contributed by atoms with van der Waals surface area (Å²) in [7, 11) is 0. The largest absolute Gasteiger partial charge is 0.480 e. The van der Waals surface area contributed by atoms with Crippen molar-refractivity contribution in [2.45, 2.75) is 26.4 Å². The number of hydrogen-bond acceptors (Lipinski definition) is 4. The van der Waals surface area contributed by atoms with Crippen LogP contribution in [0.4, 0.5) is 4.79 Å². The van der Waals surface area contributed by atoms with Gasteiger partial charge in [-0.3, -0.25) is 9.59 Å². The molecule has 0 aromatic carbocycles. The number of carbonyl (C=O) groups is 2. The van der Waals surface area contributed by atoms with Gasteiger partial charge >= 0.3 is 16.9 Å². The molecule has 8 heteroatoms. The van der Waals surface area contributed by atoms with Crippen LogP contribution in [0.25, 0.3) is 0 Å². The number of aromatic amines is 1. The van der Waals surface area contributed by atoms with Crippen molar-refractivity contribution in [2.75, 3.05) is 6.54 Å². The Morgan fingerprint density at radius 1 is 1.56 bits per heavy atom.